The molecule has 0 aromatic heterocycles. The molecule has 2 aliphatic rings. The number of nitrogens with one attached hydrogen (secondary N) is 1. The third-order valence-corrected chi connectivity index (χ3v) is 3.23. The maximum absolute atomic E-state index is 12.2. The van der Waals surface area contributed by atoms with Crippen LogP contribution in [0.25, 0.3) is 0 Å². The van der Waals surface area contributed by atoms with Gasteiger partial charge in [0.15, 0.2) is 0 Å². The SMILES string of the molecule is Cl.Cl.O=C1C(N2CCNCC2)CCN1CC(F)(F)F. The number of likely N-dealkylation sites (tertiary alicyclic amines) is 1. The number of amides is 1. The standard InChI is InChI=1S/C10H16F3N3O.2ClH/c11-10(12,13)7-16-4-1-8(9(16)17)15-5-2-14-3-6-15;;/h8,14H,1-7H2;2*1H. The van der Waals surface area contributed by atoms with E-state index in [1.54, 1.807) is 0 Å². The molecule has 4 nitrogen and oxygen atoms in total. The fourth-order valence-electron chi connectivity index (χ4n) is 2.43. The first-order valence-electron chi connectivity index (χ1n) is 5.78. The number of alkyl halides is 3. The molecular weight excluding hydrogens is 306 g/mol. The van der Waals surface area contributed by atoms with Crippen LogP contribution in [0.2, 0.25) is 0 Å². The molecule has 1 atom stereocenters. The fraction of sp³-hybridized carbons (Fsp3) is 0.900. The number of piperazine rings is 1. The summed E-state index contributed by atoms with van der Waals surface area (Å²) in [6.07, 6.45) is -3.79. The third kappa shape index (κ3) is 4.98. The zero-order valence-corrected chi connectivity index (χ0v) is 11.9. The minimum Gasteiger partial charge on any atom is -0.332 e. The molecule has 0 spiro atoms. The van der Waals surface area contributed by atoms with Gasteiger partial charge in [-0.1, -0.05) is 0 Å². The Kier molecular flexibility index (Phi) is 7.42. The lowest BCUT2D eigenvalue weighted by Crippen LogP contribution is -2.51. The van der Waals surface area contributed by atoms with Gasteiger partial charge in [0.2, 0.25) is 5.91 Å². The van der Waals surface area contributed by atoms with Crippen molar-refractivity contribution in [1.82, 2.24) is 15.1 Å². The summed E-state index contributed by atoms with van der Waals surface area (Å²) in [4.78, 5) is 14.8. The van der Waals surface area contributed by atoms with Crippen LogP contribution in [0.1, 0.15) is 6.42 Å². The molecule has 1 unspecified atom stereocenters. The van der Waals surface area contributed by atoms with E-state index in [0.717, 1.165) is 31.1 Å². The van der Waals surface area contributed by atoms with E-state index in [1.807, 2.05) is 4.90 Å². The smallest absolute Gasteiger partial charge is 0.332 e. The summed E-state index contributed by atoms with van der Waals surface area (Å²) in [5, 5.41) is 3.16. The average molecular weight is 324 g/mol. The molecule has 1 amide bonds. The quantitative estimate of drug-likeness (QED) is 0.820. The van der Waals surface area contributed by atoms with Gasteiger partial charge in [0.25, 0.3) is 0 Å². The summed E-state index contributed by atoms with van der Waals surface area (Å²) in [5.74, 6) is -0.371. The Bertz CT molecular complexity index is 298. The van der Waals surface area contributed by atoms with Gasteiger partial charge < -0.3 is 10.2 Å². The largest absolute Gasteiger partial charge is 0.406 e. The maximum atomic E-state index is 12.2. The van der Waals surface area contributed by atoms with E-state index in [2.05, 4.69) is 5.32 Å². The van der Waals surface area contributed by atoms with Gasteiger partial charge in [-0.15, -0.1) is 24.8 Å². The molecular formula is C10H18Cl2F3N3O. The van der Waals surface area contributed by atoms with Crippen molar-refractivity contribution in [1.29, 1.82) is 0 Å². The molecule has 2 aliphatic heterocycles. The summed E-state index contributed by atoms with van der Waals surface area (Å²) in [6.45, 7) is 2.15. The normalized spacial score (nSPS) is 24.9. The number of halogens is 5. The Morgan fingerprint density at radius 2 is 1.74 bits per heavy atom. The second-order valence-electron chi connectivity index (χ2n) is 4.47. The van der Waals surface area contributed by atoms with Crippen molar-refractivity contribution >= 4 is 30.7 Å². The van der Waals surface area contributed by atoms with Gasteiger partial charge in [-0.3, -0.25) is 9.69 Å². The summed E-state index contributed by atoms with van der Waals surface area (Å²) in [7, 11) is 0. The highest BCUT2D eigenvalue weighted by atomic mass is 35.5. The summed E-state index contributed by atoms with van der Waals surface area (Å²) < 4.78 is 36.7. The number of rotatable bonds is 2. The maximum Gasteiger partial charge on any atom is 0.406 e. The van der Waals surface area contributed by atoms with Gasteiger partial charge in [0.1, 0.15) is 6.54 Å². The van der Waals surface area contributed by atoms with Crippen LogP contribution in [-0.4, -0.2) is 67.2 Å². The molecule has 0 saturated carbocycles. The third-order valence-electron chi connectivity index (χ3n) is 3.23. The van der Waals surface area contributed by atoms with Crippen molar-refractivity contribution in [2.75, 3.05) is 39.3 Å². The molecule has 2 heterocycles. The van der Waals surface area contributed by atoms with Crippen molar-refractivity contribution in [2.24, 2.45) is 0 Å². The van der Waals surface area contributed by atoms with E-state index >= 15 is 0 Å². The molecule has 0 radical (unpaired) electrons. The summed E-state index contributed by atoms with van der Waals surface area (Å²) >= 11 is 0. The highest BCUT2D eigenvalue weighted by Gasteiger charge is 2.41. The first-order chi connectivity index (χ1) is 7.97. The van der Waals surface area contributed by atoms with Gasteiger partial charge in [-0.2, -0.15) is 13.2 Å². The minimum atomic E-state index is -4.30. The minimum absolute atomic E-state index is 0. The van der Waals surface area contributed by atoms with Crippen molar-refractivity contribution in [3.63, 3.8) is 0 Å². The molecule has 0 aromatic rings. The Morgan fingerprint density at radius 3 is 2.26 bits per heavy atom. The lowest BCUT2D eigenvalue weighted by Gasteiger charge is -2.31. The highest BCUT2D eigenvalue weighted by molar-refractivity contribution is 5.85. The second-order valence-corrected chi connectivity index (χ2v) is 4.47. The van der Waals surface area contributed by atoms with E-state index in [4.69, 9.17) is 0 Å². The van der Waals surface area contributed by atoms with Crippen molar-refractivity contribution in [3.05, 3.63) is 0 Å². The molecule has 0 aromatic carbocycles. The lowest BCUT2D eigenvalue weighted by molar-refractivity contribution is -0.159. The second kappa shape index (κ2) is 7.52. The van der Waals surface area contributed by atoms with Crippen molar-refractivity contribution in [2.45, 2.75) is 18.6 Å². The Balaban J connectivity index is 0.00000162. The first kappa shape index (κ1) is 18.8. The molecule has 19 heavy (non-hydrogen) atoms. The monoisotopic (exact) mass is 323 g/mol. The number of hydrogen-bond acceptors (Lipinski definition) is 3. The topological polar surface area (TPSA) is 35.6 Å². The first-order valence-corrected chi connectivity index (χ1v) is 5.78. The van der Waals surface area contributed by atoms with Gasteiger partial charge in [-0.25, -0.2) is 0 Å². The lowest BCUT2D eigenvalue weighted by atomic mass is 10.2. The van der Waals surface area contributed by atoms with Gasteiger partial charge in [-0.05, 0) is 6.42 Å². The molecule has 2 saturated heterocycles. The van der Waals surface area contributed by atoms with Crippen molar-refractivity contribution in [3.8, 4) is 0 Å². The molecule has 1 N–H and O–H groups in total. The summed E-state index contributed by atoms with van der Waals surface area (Å²) in [5.41, 5.74) is 0. The van der Waals surface area contributed by atoms with Crippen LogP contribution < -0.4 is 5.32 Å². The average Bonchev–Trinajstić information content (AvgIpc) is 2.60. The zero-order valence-electron chi connectivity index (χ0n) is 10.3. The van der Waals surface area contributed by atoms with Crippen LogP contribution in [0.5, 0.6) is 0 Å². The van der Waals surface area contributed by atoms with E-state index in [9.17, 15) is 18.0 Å². The predicted octanol–water partition coefficient (Wildman–Crippen LogP) is 0.898. The molecule has 9 heteroatoms. The number of carbonyl (C=O) groups excluding carboxylic acids is 1. The molecule has 2 fully saturated rings. The van der Waals surface area contributed by atoms with Crippen LogP contribution in [-0.2, 0) is 4.79 Å². The van der Waals surface area contributed by atoms with Gasteiger partial charge >= 0.3 is 6.18 Å². The van der Waals surface area contributed by atoms with Crippen LogP contribution in [0.3, 0.4) is 0 Å². The predicted molar refractivity (Wildman–Crippen MR) is 70.0 cm³/mol. The molecule has 0 bridgehead atoms. The highest BCUT2D eigenvalue weighted by Crippen LogP contribution is 2.23. The van der Waals surface area contributed by atoms with E-state index < -0.39 is 12.7 Å². The number of hydrogen-bond donors (Lipinski definition) is 1. The van der Waals surface area contributed by atoms with E-state index in [-0.39, 0.29) is 43.3 Å². The summed E-state index contributed by atoms with van der Waals surface area (Å²) in [6, 6.07) is -0.348. The molecule has 0 aliphatic carbocycles. The zero-order chi connectivity index (χ0) is 12.5. The van der Waals surface area contributed by atoms with Crippen LogP contribution in [0, 0.1) is 0 Å². The molecule has 114 valence electrons. The van der Waals surface area contributed by atoms with Crippen LogP contribution in [0.15, 0.2) is 0 Å². The Morgan fingerprint density at radius 1 is 1.16 bits per heavy atom. The number of carbonyl (C=O) groups is 1. The Hall–Kier alpha value is -0.240. The van der Waals surface area contributed by atoms with Gasteiger partial charge in [0, 0.05) is 32.7 Å². The van der Waals surface area contributed by atoms with Crippen LogP contribution in [0.4, 0.5) is 13.2 Å². The molecule has 2 rings (SSSR count). The van der Waals surface area contributed by atoms with E-state index in [1.165, 1.54) is 0 Å². The van der Waals surface area contributed by atoms with E-state index in [0.29, 0.717) is 6.42 Å². The van der Waals surface area contributed by atoms with Crippen LogP contribution >= 0.6 is 24.8 Å². The number of nitrogens with zero attached hydrogens (tertiary/aromatic N) is 2. The Labute approximate surface area is 122 Å². The van der Waals surface area contributed by atoms with Crippen molar-refractivity contribution < 1.29 is 18.0 Å². The fourth-order valence-corrected chi connectivity index (χ4v) is 2.43. The van der Waals surface area contributed by atoms with Gasteiger partial charge in [0.05, 0.1) is 6.04 Å².